The van der Waals surface area contributed by atoms with E-state index in [0.29, 0.717) is 23.4 Å². The van der Waals surface area contributed by atoms with Gasteiger partial charge in [0, 0.05) is 11.8 Å². The number of amides is 1. The zero-order chi connectivity index (χ0) is 25.8. The number of nitro benzene ring substituents is 1. The van der Waals surface area contributed by atoms with Crippen LogP contribution in [0.4, 0.5) is 24.5 Å². The Morgan fingerprint density at radius 3 is 2.43 bits per heavy atom. The average molecular weight is 502 g/mol. The number of hydrogen-bond donors (Lipinski definition) is 1. The lowest BCUT2D eigenvalue weighted by atomic mass is 10.1. The van der Waals surface area contributed by atoms with Gasteiger partial charge in [-0.15, -0.1) is 0 Å². The summed E-state index contributed by atoms with van der Waals surface area (Å²) >= 11 is 6.18. The highest BCUT2D eigenvalue weighted by atomic mass is 35.5. The van der Waals surface area contributed by atoms with Crippen molar-refractivity contribution in [2.24, 2.45) is 0 Å². The van der Waals surface area contributed by atoms with Gasteiger partial charge in [-0.25, -0.2) is 0 Å². The van der Waals surface area contributed by atoms with Crippen molar-refractivity contribution in [2.75, 3.05) is 5.32 Å². The van der Waals surface area contributed by atoms with Gasteiger partial charge in [-0.05, 0) is 54.5 Å². The molecule has 1 amide bonds. The molecule has 0 aliphatic carbocycles. The molecule has 0 spiro atoms. The molecular formula is C24H15ClF3N3O4. The maximum Gasteiger partial charge on any atom is 0.416 e. The maximum atomic E-state index is 12.9. The maximum absolute atomic E-state index is 12.9. The fraction of sp³-hybridized carbons (Fsp3) is 0.0833. The number of nitrogens with zero attached hydrogens (tertiary/aromatic N) is 2. The summed E-state index contributed by atoms with van der Waals surface area (Å²) in [7, 11) is 0. The van der Waals surface area contributed by atoms with Crippen LogP contribution < -0.4 is 10.1 Å². The fourth-order valence-corrected chi connectivity index (χ4v) is 3.18. The van der Waals surface area contributed by atoms with Crippen LogP contribution >= 0.6 is 11.6 Å². The van der Waals surface area contributed by atoms with Crippen LogP contribution in [0.25, 0.3) is 6.08 Å². The number of hydrogen-bond acceptors (Lipinski definition) is 5. The van der Waals surface area contributed by atoms with Gasteiger partial charge in [-0.3, -0.25) is 14.9 Å². The number of para-hydroxylation sites is 1. The third-order valence-electron chi connectivity index (χ3n) is 4.73. The third kappa shape index (κ3) is 6.16. The first kappa shape index (κ1) is 25.3. The zero-order valence-electron chi connectivity index (χ0n) is 17.9. The Morgan fingerprint density at radius 2 is 1.83 bits per heavy atom. The predicted octanol–water partition coefficient (Wildman–Crippen LogP) is 6.91. The molecule has 0 saturated heterocycles. The number of ether oxygens (including phenoxy) is 1. The number of halogens is 4. The second-order valence-corrected chi connectivity index (χ2v) is 7.58. The van der Waals surface area contributed by atoms with Gasteiger partial charge in [0.1, 0.15) is 17.4 Å². The van der Waals surface area contributed by atoms with Gasteiger partial charge in [-0.1, -0.05) is 35.9 Å². The normalized spacial score (nSPS) is 11.5. The molecule has 35 heavy (non-hydrogen) atoms. The van der Waals surface area contributed by atoms with Gasteiger partial charge >= 0.3 is 11.9 Å². The number of carbonyl (C=O) groups is 1. The molecule has 0 radical (unpaired) electrons. The second kappa shape index (κ2) is 10.3. The van der Waals surface area contributed by atoms with Crippen LogP contribution in [0, 0.1) is 28.4 Å². The van der Waals surface area contributed by atoms with Crippen LogP contribution in [0.15, 0.2) is 66.2 Å². The van der Waals surface area contributed by atoms with E-state index in [4.69, 9.17) is 16.3 Å². The Bertz CT molecular complexity index is 1380. The van der Waals surface area contributed by atoms with Gasteiger partial charge in [-0.2, -0.15) is 18.4 Å². The summed E-state index contributed by atoms with van der Waals surface area (Å²) in [5.74, 6) is -1.16. The van der Waals surface area contributed by atoms with Gasteiger partial charge in [0.05, 0.1) is 15.5 Å². The number of alkyl halides is 3. The van der Waals surface area contributed by atoms with Gasteiger partial charge in [0.2, 0.25) is 5.75 Å². The summed E-state index contributed by atoms with van der Waals surface area (Å²) < 4.78 is 44.1. The Balaban J connectivity index is 1.85. The fourth-order valence-electron chi connectivity index (χ4n) is 2.95. The number of nitro groups is 1. The zero-order valence-corrected chi connectivity index (χ0v) is 18.6. The van der Waals surface area contributed by atoms with E-state index in [0.717, 1.165) is 11.6 Å². The summed E-state index contributed by atoms with van der Waals surface area (Å²) in [5, 5.41) is 23.2. The van der Waals surface area contributed by atoms with E-state index in [1.54, 1.807) is 31.2 Å². The molecule has 0 heterocycles. The first-order valence-electron chi connectivity index (χ1n) is 9.81. The van der Waals surface area contributed by atoms with E-state index in [1.165, 1.54) is 24.3 Å². The van der Waals surface area contributed by atoms with Crippen molar-refractivity contribution in [3.8, 4) is 17.6 Å². The molecule has 0 aliphatic rings. The minimum Gasteiger partial charge on any atom is -0.449 e. The summed E-state index contributed by atoms with van der Waals surface area (Å²) in [4.78, 5) is 22.7. The van der Waals surface area contributed by atoms with Crippen LogP contribution in [-0.2, 0) is 11.0 Å². The van der Waals surface area contributed by atoms with Crippen LogP contribution in [0.5, 0.6) is 11.5 Å². The largest absolute Gasteiger partial charge is 0.449 e. The minimum atomic E-state index is -4.77. The number of nitriles is 1. The molecule has 3 rings (SSSR count). The highest BCUT2D eigenvalue weighted by Crippen LogP contribution is 2.39. The van der Waals surface area contributed by atoms with Gasteiger partial charge in [0.25, 0.3) is 5.91 Å². The third-order valence-corrected chi connectivity index (χ3v) is 5.02. The summed E-state index contributed by atoms with van der Waals surface area (Å²) in [6, 6.07) is 14.8. The topological polar surface area (TPSA) is 105 Å². The van der Waals surface area contributed by atoms with Gasteiger partial charge in [0.15, 0.2) is 0 Å². The van der Waals surface area contributed by atoms with Crippen LogP contribution in [-0.4, -0.2) is 10.8 Å². The lowest BCUT2D eigenvalue weighted by molar-refractivity contribution is -0.385. The van der Waals surface area contributed by atoms with Crippen molar-refractivity contribution in [2.45, 2.75) is 13.1 Å². The summed E-state index contributed by atoms with van der Waals surface area (Å²) in [5.41, 5.74) is -0.605. The summed E-state index contributed by atoms with van der Waals surface area (Å²) in [6.45, 7) is 1.80. The minimum absolute atomic E-state index is 0.0513. The highest BCUT2D eigenvalue weighted by Gasteiger charge is 2.33. The number of rotatable bonds is 6. The first-order valence-corrected chi connectivity index (χ1v) is 10.2. The number of benzene rings is 3. The molecule has 3 aromatic carbocycles. The van der Waals surface area contributed by atoms with E-state index in [1.807, 2.05) is 6.07 Å². The Morgan fingerprint density at radius 1 is 1.14 bits per heavy atom. The van der Waals surface area contributed by atoms with Gasteiger partial charge < -0.3 is 10.1 Å². The van der Waals surface area contributed by atoms with E-state index in [2.05, 4.69) is 5.32 Å². The predicted molar refractivity (Wildman–Crippen MR) is 123 cm³/mol. The van der Waals surface area contributed by atoms with Crippen LogP contribution in [0.3, 0.4) is 0 Å². The summed E-state index contributed by atoms with van der Waals surface area (Å²) in [6.07, 6.45) is -3.48. The molecule has 0 saturated carbocycles. The Kier molecular flexibility index (Phi) is 7.42. The van der Waals surface area contributed by atoms with Crippen molar-refractivity contribution in [1.29, 1.82) is 5.26 Å². The Labute approximate surface area is 202 Å². The molecule has 0 atom stereocenters. The Hall–Kier alpha value is -4.36. The van der Waals surface area contributed by atoms with Crippen molar-refractivity contribution < 1.29 is 27.6 Å². The number of aryl methyl sites for hydroxylation is 1. The molecular weight excluding hydrogens is 487 g/mol. The lowest BCUT2D eigenvalue weighted by Crippen LogP contribution is -2.14. The van der Waals surface area contributed by atoms with E-state index < -0.39 is 34.0 Å². The average Bonchev–Trinajstić information content (AvgIpc) is 2.80. The van der Waals surface area contributed by atoms with Crippen molar-refractivity contribution in [3.05, 3.63) is 98.1 Å². The van der Waals surface area contributed by atoms with E-state index in [9.17, 15) is 33.3 Å². The second-order valence-electron chi connectivity index (χ2n) is 7.17. The SMILES string of the molecule is Cc1ccccc1NC(=O)/C(C#N)=C\c1ccc(Oc2ccc(C(F)(F)F)cc2[N+](=O)[O-])c(Cl)c1. The smallest absolute Gasteiger partial charge is 0.416 e. The molecule has 0 fully saturated rings. The van der Waals surface area contributed by atoms with Crippen molar-refractivity contribution in [3.63, 3.8) is 0 Å². The van der Waals surface area contributed by atoms with Crippen LogP contribution in [0.1, 0.15) is 16.7 Å². The lowest BCUT2D eigenvalue weighted by Gasteiger charge is -2.11. The standard InChI is InChI=1S/C24H15ClF3N3O4/c1-14-4-2-3-5-19(14)30-23(32)16(13-29)10-15-6-8-21(18(25)11-15)35-22-9-7-17(24(26,27)28)12-20(22)31(33)34/h2-12H,1H3,(H,30,32)/b16-10-. The number of carbonyl (C=O) groups excluding carboxylic acids is 1. The monoisotopic (exact) mass is 501 g/mol. The van der Waals surface area contributed by atoms with Crippen LogP contribution in [0.2, 0.25) is 5.02 Å². The van der Waals surface area contributed by atoms with Crippen molar-refractivity contribution >= 4 is 35.0 Å². The molecule has 1 N–H and O–H groups in total. The molecule has 0 aliphatic heterocycles. The molecule has 0 aromatic heterocycles. The quantitative estimate of drug-likeness (QED) is 0.171. The van der Waals surface area contributed by atoms with E-state index >= 15 is 0 Å². The first-order chi connectivity index (χ1) is 16.5. The van der Waals surface area contributed by atoms with E-state index in [-0.39, 0.29) is 16.3 Å². The highest BCUT2D eigenvalue weighted by molar-refractivity contribution is 6.32. The van der Waals surface area contributed by atoms with Crippen molar-refractivity contribution in [1.82, 2.24) is 0 Å². The molecule has 11 heteroatoms. The molecule has 3 aromatic rings. The molecule has 7 nitrogen and oxygen atoms in total. The molecule has 0 unspecified atom stereocenters. The molecule has 0 bridgehead atoms. The molecule has 178 valence electrons. The number of nitrogens with one attached hydrogen (secondary N) is 1. The number of anilines is 1.